The molecule has 1 fully saturated rings. The smallest absolute Gasteiger partial charge is 0.144 e. The molecule has 1 aliphatic rings. The molecule has 2 aromatic carbocycles. The highest BCUT2D eigenvalue weighted by molar-refractivity contribution is 5.65. The molecule has 0 amide bonds. The Morgan fingerprint density at radius 1 is 0.960 bits per heavy atom. The summed E-state index contributed by atoms with van der Waals surface area (Å²) in [6.07, 6.45) is 7.65. The van der Waals surface area contributed by atoms with Gasteiger partial charge in [0.2, 0.25) is 0 Å². The zero-order valence-corrected chi connectivity index (χ0v) is 14.6. The Labute approximate surface area is 148 Å². The fourth-order valence-electron chi connectivity index (χ4n) is 3.99. The summed E-state index contributed by atoms with van der Waals surface area (Å²) >= 11 is 0. The first-order chi connectivity index (χ1) is 12.1. The molecule has 130 valence electrons. The SMILES string of the molecule is CCCC1CCC(c2ccc(-c3cc(F)c(C#N)c(F)c3)cc2)CC1. The van der Waals surface area contributed by atoms with E-state index in [2.05, 4.69) is 19.1 Å². The third kappa shape index (κ3) is 3.90. The number of nitriles is 1. The first-order valence-corrected chi connectivity index (χ1v) is 9.11. The lowest BCUT2D eigenvalue weighted by Gasteiger charge is -2.28. The normalized spacial score (nSPS) is 20.2. The minimum absolute atomic E-state index is 0.465. The van der Waals surface area contributed by atoms with Crippen molar-refractivity contribution in [2.24, 2.45) is 5.92 Å². The van der Waals surface area contributed by atoms with Gasteiger partial charge in [-0.1, -0.05) is 44.0 Å². The third-order valence-electron chi connectivity index (χ3n) is 5.41. The van der Waals surface area contributed by atoms with Crippen LogP contribution in [-0.2, 0) is 0 Å². The number of rotatable bonds is 4. The fraction of sp³-hybridized carbons (Fsp3) is 0.409. The molecule has 0 bridgehead atoms. The summed E-state index contributed by atoms with van der Waals surface area (Å²) < 4.78 is 27.6. The largest absolute Gasteiger partial charge is 0.205 e. The molecular formula is C22H23F2N. The van der Waals surface area contributed by atoms with E-state index >= 15 is 0 Å². The van der Waals surface area contributed by atoms with Crippen LogP contribution in [0.25, 0.3) is 11.1 Å². The first-order valence-electron chi connectivity index (χ1n) is 9.11. The summed E-state index contributed by atoms with van der Waals surface area (Å²) in [5, 5.41) is 8.76. The van der Waals surface area contributed by atoms with Crippen molar-refractivity contribution >= 4 is 0 Å². The molecule has 0 aliphatic heterocycles. The predicted molar refractivity (Wildman–Crippen MR) is 96.1 cm³/mol. The molecule has 1 saturated carbocycles. The van der Waals surface area contributed by atoms with Crippen molar-refractivity contribution in [3.63, 3.8) is 0 Å². The summed E-state index contributed by atoms with van der Waals surface area (Å²) in [5.41, 5.74) is 2.02. The van der Waals surface area contributed by atoms with Gasteiger partial charge < -0.3 is 0 Å². The Bertz CT molecular complexity index is 743. The Kier molecular flexibility index (Phi) is 5.48. The van der Waals surface area contributed by atoms with Gasteiger partial charge in [0.25, 0.3) is 0 Å². The van der Waals surface area contributed by atoms with Crippen LogP contribution in [0.2, 0.25) is 0 Å². The molecule has 3 rings (SSSR count). The second-order valence-electron chi connectivity index (χ2n) is 7.06. The summed E-state index contributed by atoms with van der Waals surface area (Å²) in [4.78, 5) is 0. The van der Waals surface area contributed by atoms with Crippen LogP contribution in [0.1, 0.15) is 62.5 Å². The van der Waals surface area contributed by atoms with E-state index < -0.39 is 17.2 Å². The number of halogens is 2. The summed E-state index contributed by atoms with van der Waals surface area (Å²) in [6, 6.07) is 12.0. The molecule has 0 atom stereocenters. The maximum atomic E-state index is 13.8. The highest BCUT2D eigenvalue weighted by Crippen LogP contribution is 2.38. The van der Waals surface area contributed by atoms with Crippen LogP contribution in [0.3, 0.4) is 0 Å². The lowest BCUT2D eigenvalue weighted by atomic mass is 9.77. The molecule has 0 spiro atoms. The minimum Gasteiger partial charge on any atom is -0.205 e. The van der Waals surface area contributed by atoms with E-state index in [0.29, 0.717) is 11.5 Å². The van der Waals surface area contributed by atoms with Crippen molar-refractivity contribution in [3.05, 3.63) is 59.2 Å². The number of hydrogen-bond acceptors (Lipinski definition) is 1. The van der Waals surface area contributed by atoms with Gasteiger partial charge in [-0.05, 0) is 66.3 Å². The van der Waals surface area contributed by atoms with Crippen LogP contribution >= 0.6 is 0 Å². The van der Waals surface area contributed by atoms with Crippen molar-refractivity contribution < 1.29 is 8.78 Å². The molecule has 0 aromatic heterocycles. The molecule has 3 heteroatoms. The van der Waals surface area contributed by atoms with Crippen LogP contribution in [-0.4, -0.2) is 0 Å². The van der Waals surface area contributed by atoms with Gasteiger partial charge in [-0.2, -0.15) is 5.26 Å². The van der Waals surface area contributed by atoms with Gasteiger partial charge in [0.15, 0.2) is 0 Å². The monoisotopic (exact) mass is 339 g/mol. The number of benzene rings is 2. The van der Waals surface area contributed by atoms with E-state index in [4.69, 9.17) is 5.26 Å². The summed E-state index contributed by atoms with van der Waals surface area (Å²) in [5.74, 6) is -0.145. The number of hydrogen-bond donors (Lipinski definition) is 0. The van der Waals surface area contributed by atoms with Crippen LogP contribution in [0.4, 0.5) is 8.78 Å². The van der Waals surface area contributed by atoms with E-state index in [1.54, 1.807) is 6.07 Å². The van der Waals surface area contributed by atoms with Gasteiger partial charge in [-0.3, -0.25) is 0 Å². The van der Waals surface area contributed by atoms with Crippen LogP contribution in [0.5, 0.6) is 0 Å². The Morgan fingerprint density at radius 3 is 2.08 bits per heavy atom. The van der Waals surface area contributed by atoms with E-state index in [0.717, 1.165) is 11.5 Å². The predicted octanol–water partition coefficient (Wildman–Crippen LogP) is 6.58. The second-order valence-corrected chi connectivity index (χ2v) is 7.06. The maximum Gasteiger partial charge on any atom is 0.144 e. The lowest BCUT2D eigenvalue weighted by Crippen LogP contribution is -2.13. The number of nitrogens with zero attached hydrogens (tertiary/aromatic N) is 1. The van der Waals surface area contributed by atoms with E-state index in [1.807, 2.05) is 12.1 Å². The van der Waals surface area contributed by atoms with Gasteiger partial charge in [-0.15, -0.1) is 0 Å². The van der Waals surface area contributed by atoms with Crippen LogP contribution in [0.15, 0.2) is 36.4 Å². The zero-order chi connectivity index (χ0) is 17.8. The van der Waals surface area contributed by atoms with Crippen LogP contribution in [0, 0.1) is 28.9 Å². The van der Waals surface area contributed by atoms with Crippen molar-refractivity contribution in [3.8, 4) is 17.2 Å². The summed E-state index contributed by atoms with van der Waals surface area (Å²) in [6.45, 7) is 2.25. The van der Waals surface area contributed by atoms with Gasteiger partial charge in [-0.25, -0.2) is 8.78 Å². The quantitative estimate of drug-likeness (QED) is 0.617. The van der Waals surface area contributed by atoms with Gasteiger partial charge in [0.1, 0.15) is 23.3 Å². The van der Waals surface area contributed by atoms with E-state index in [-0.39, 0.29) is 0 Å². The van der Waals surface area contributed by atoms with Crippen molar-refractivity contribution in [2.75, 3.05) is 0 Å². The first kappa shape index (κ1) is 17.6. The van der Waals surface area contributed by atoms with Crippen molar-refractivity contribution in [2.45, 2.75) is 51.4 Å². The topological polar surface area (TPSA) is 23.8 Å². The molecule has 0 heterocycles. The van der Waals surface area contributed by atoms with E-state index in [9.17, 15) is 8.78 Å². The second kappa shape index (κ2) is 7.78. The minimum atomic E-state index is -0.809. The van der Waals surface area contributed by atoms with Gasteiger partial charge in [0.05, 0.1) is 0 Å². The van der Waals surface area contributed by atoms with E-state index in [1.165, 1.54) is 56.2 Å². The zero-order valence-electron chi connectivity index (χ0n) is 14.6. The molecule has 1 aliphatic carbocycles. The Morgan fingerprint density at radius 2 is 1.56 bits per heavy atom. The average molecular weight is 339 g/mol. The molecule has 25 heavy (non-hydrogen) atoms. The fourth-order valence-corrected chi connectivity index (χ4v) is 3.99. The lowest BCUT2D eigenvalue weighted by molar-refractivity contribution is 0.308. The molecule has 0 radical (unpaired) electrons. The third-order valence-corrected chi connectivity index (χ3v) is 5.41. The summed E-state index contributed by atoms with van der Waals surface area (Å²) in [7, 11) is 0. The molecule has 2 aromatic rings. The van der Waals surface area contributed by atoms with Crippen molar-refractivity contribution in [1.29, 1.82) is 5.26 Å². The van der Waals surface area contributed by atoms with Crippen molar-refractivity contribution in [1.82, 2.24) is 0 Å². The highest BCUT2D eigenvalue weighted by Gasteiger charge is 2.21. The van der Waals surface area contributed by atoms with Gasteiger partial charge >= 0.3 is 0 Å². The molecule has 1 nitrogen and oxygen atoms in total. The Balaban J connectivity index is 1.74. The van der Waals surface area contributed by atoms with Gasteiger partial charge in [0, 0.05) is 0 Å². The Hall–Kier alpha value is -2.21. The average Bonchev–Trinajstić information content (AvgIpc) is 2.62. The standard InChI is InChI=1S/C22H23F2N/c1-2-3-15-4-6-16(7-5-15)17-8-10-18(11-9-17)19-12-21(23)20(14-25)22(24)13-19/h8-13,15-16H,2-7H2,1H3. The molecule has 0 saturated heterocycles. The molecular weight excluding hydrogens is 316 g/mol. The molecule has 0 unspecified atom stereocenters. The highest BCUT2D eigenvalue weighted by atomic mass is 19.1. The molecule has 0 N–H and O–H groups in total. The van der Waals surface area contributed by atoms with Crippen LogP contribution < -0.4 is 0 Å². The maximum absolute atomic E-state index is 13.8.